The third-order valence-electron chi connectivity index (χ3n) is 2.72. The van der Waals surface area contributed by atoms with E-state index in [4.69, 9.17) is 11.0 Å². The summed E-state index contributed by atoms with van der Waals surface area (Å²) in [6, 6.07) is 7.63. The molecule has 0 fully saturated rings. The fourth-order valence-electron chi connectivity index (χ4n) is 1.31. The van der Waals surface area contributed by atoms with Crippen LogP contribution in [0.4, 0.5) is 5.69 Å². The first-order valence-electron chi connectivity index (χ1n) is 5.51. The van der Waals surface area contributed by atoms with Gasteiger partial charge in [0.2, 0.25) is 0 Å². The quantitative estimate of drug-likeness (QED) is 0.835. The Hall–Kier alpha value is -1.34. The van der Waals surface area contributed by atoms with E-state index in [1.54, 1.807) is 12.1 Å². The van der Waals surface area contributed by atoms with Crippen LogP contribution in [0.5, 0.6) is 0 Å². The summed E-state index contributed by atoms with van der Waals surface area (Å²) >= 11 is 0. The molecule has 1 rings (SSSR count). The van der Waals surface area contributed by atoms with Crippen molar-refractivity contribution in [3.63, 3.8) is 0 Å². The second-order valence-electron chi connectivity index (χ2n) is 4.81. The van der Waals surface area contributed by atoms with Gasteiger partial charge in [0.25, 0.3) is 0 Å². The number of benzene rings is 1. The predicted octanol–water partition coefficient (Wildman–Crippen LogP) is 2.62. The van der Waals surface area contributed by atoms with Gasteiger partial charge in [-0.3, -0.25) is 4.21 Å². The van der Waals surface area contributed by atoms with Crippen LogP contribution in [-0.4, -0.2) is 9.96 Å². The first-order chi connectivity index (χ1) is 7.85. The Morgan fingerprint density at radius 3 is 2.65 bits per heavy atom. The number of anilines is 1. The van der Waals surface area contributed by atoms with Crippen molar-refractivity contribution in [2.45, 2.75) is 32.1 Å². The summed E-state index contributed by atoms with van der Waals surface area (Å²) in [5.74, 6) is 0.504. The molecule has 17 heavy (non-hydrogen) atoms. The molecule has 1 atom stereocenters. The minimum Gasteiger partial charge on any atom is -0.399 e. The molecular formula is C13H18N2OS. The van der Waals surface area contributed by atoms with Crippen LogP contribution in [-0.2, 0) is 10.8 Å². The summed E-state index contributed by atoms with van der Waals surface area (Å²) < 4.78 is 12.0. The Labute approximate surface area is 105 Å². The molecule has 0 amide bonds. The molecule has 3 nitrogen and oxygen atoms in total. The molecule has 0 radical (unpaired) electrons. The Balaban J connectivity index is 2.72. The van der Waals surface area contributed by atoms with Crippen molar-refractivity contribution in [1.29, 1.82) is 5.26 Å². The van der Waals surface area contributed by atoms with Crippen molar-refractivity contribution >= 4 is 16.5 Å². The van der Waals surface area contributed by atoms with E-state index in [2.05, 4.69) is 6.07 Å². The standard InChI is InChI=1S/C13H18N2OS/c1-10-8-11(4-5-12(10)15)17(16)7-6-13(2,3)9-14/h4-5,8H,6-7,15H2,1-3H3. The average molecular weight is 250 g/mol. The monoisotopic (exact) mass is 250 g/mol. The Morgan fingerprint density at radius 2 is 2.12 bits per heavy atom. The van der Waals surface area contributed by atoms with E-state index in [9.17, 15) is 4.21 Å². The number of hydrogen-bond acceptors (Lipinski definition) is 3. The van der Waals surface area contributed by atoms with Gasteiger partial charge in [-0.2, -0.15) is 5.26 Å². The molecule has 0 aliphatic heterocycles. The summed E-state index contributed by atoms with van der Waals surface area (Å²) in [6.45, 7) is 5.62. The van der Waals surface area contributed by atoms with E-state index >= 15 is 0 Å². The van der Waals surface area contributed by atoms with Crippen LogP contribution < -0.4 is 5.73 Å². The number of nitrogens with two attached hydrogens (primary N) is 1. The predicted molar refractivity (Wildman–Crippen MR) is 70.9 cm³/mol. The van der Waals surface area contributed by atoms with Crippen molar-refractivity contribution in [3.05, 3.63) is 23.8 Å². The minimum atomic E-state index is -1.06. The minimum absolute atomic E-state index is 0.418. The van der Waals surface area contributed by atoms with E-state index < -0.39 is 16.2 Å². The second kappa shape index (κ2) is 5.33. The van der Waals surface area contributed by atoms with Gasteiger partial charge in [0.1, 0.15) is 0 Å². The van der Waals surface area contributed by atoms with Crippen LogP contribution >= 0.6 is 0 Å². The molecular weight excluding hydrogens is 232 g/mol. The molecule has 0 spiro atoms. The van der Waals surface area contributed by atoms with Gasteiger partial charge in [-0.25, -0.2) is 0 Å². The molecule has 92 valence electrons. The van der Waals surface area contributed by atoms with E-state index in [0.717, 1.165) is 10.5 Å². The van der Waals surface area contributed by atoms with Crippen LogP contribution in [0.15, 0.2) is 23.1 Å². The maximum atomic E-state index is 12.0. The van der Waals surface area contributed by atoms with Crippen molar-refractivity contribution in [2.75, 3.05) is 11.5 Å². The lowest BCUT2D eigenvalue weighted by Gasteiger charge is -2.14. The molecule has 0 bridgehead atoms. The first-order valence-corrected chi connectivity index (χ1v) is 6.83. The third-order valence-corrected chi connectivity index (χ3v) is 4.07. The fourth-order valence-corrected chi connectivity index (χ4v) is 2.77. The maximum Gasteiger partial charge on any atom is 0.0684 e. The van der Waals surface area contributed by atoms with Gasteiger partial charge in [0.15, 0.2) is 0 Å². The zero-order valence-electron chi connectivity index (χ0n) is 10.5. The lowest BCUT2D eigenvalue weighted by Crippen LogP contribution is -2.13. The van der Waals surface area contributed by atoms with Crippen LogP contribution in [0, 0.1) is 23.7 Å². The van der Waals surface area contributed by atoms with E-state index in [0.29, 0.717) is 17.9 Å². The second-order valence-corrected chi connectivity index (χ2v) is 6.38. The number of nitriles is 1. The van der Waals surface area contributed by atoms with Crippen molar-refractivity contribution in [1.82, 2.24) is 0 Å². The lowest BCUT2D eigenvalue weighted by molar-refractivity contribution is 0.479. The van der Waals surface area contributed by atoms with Gasteiger partial charge in [-0.05, 0) is 51.0 Å². The van der Waals surface area contributed by atoms with E-state index in [1.165, 1.54) is 0 Å². The van der Waals surface area contributed by atoms with Gasteiger partial charge in [-0.1, -0.05) is 0 Å². The smallest absolute Gasteiger partial charge is 0.0684 e. The maximum absolute atomic E-state index is 12.0. The van der Waals surface area contributed by atoms with Crippen LogP contribution in [0.25, 0.3) is 0 Å². The van der Waals surface area contributed by atoms with Crippen molar-refractivity contribution < 1.29 is 4.21 Å². The molecule has 0 saturated carbocycles. The molecule has 0 saturated heterocycles. The van der Waals surface area contributed by atoms with Gasteiger partial charge >= 0.3 is 0 Å². The lowest BCUT2D eigenvalue weighted by atomic mass is 9.93. The number of nitrogens with zero attached hydrogens (tertiary/aromatic N) is 1. The molecule has 1 unspecified atom stereocenters. The Kier molecular flexibility index (Phi) is 4.30. The van der Waals surface area contributed by atoms with Crippen LogP contribution in [0.1, 0.15) is 25.8 Å². The molecule has 0 heterocycles. The highest BCUT2D eigenvalue weighted by Gasteiger charge is 2.18. The largest absolute Gasteiger partial charge is 0.399 e. The van der Waals surface area contributed by atoms with Crippen molar-refractivity contribution in [3.8, 4) is 6.07 Å². The molecule has 0 aliphatic rings. The molecule has 2 N–H and O–H groups in total. The van der Waals surface area contributed by atoms with Gasteiger partial charge < -0.3 is 5.73 Å². The topological polar surface area (TPSA) is 66.9 Å². The molecule has 1 aromatic carbocycles. The molecule has 4 heteroatoms. The highest BCUT2D eigenvalue weighted by molar-refractivity contribution is 7.85. The van der Waals surface area contributed by atoms with E-state index in [-0.39, 0.29) is 0 Å². The van der Waals surface area contributed by atoms with Crippen LogP contribution in [0.2, 0.25) is 0 Å². The normalized spacial score (nSPS) is 13.1. The number of rotatable bonds is 4. The first kappa shape index (κ1) is 13.7. The fraction of sp³-hybridized carbons (Fsp3) is 0.462. The number of nitrogen functional groups attached to an aromatic ring is 1. The van der Waals surface area contributed by atoms with Gasteiger partial charge in [0.05, 0.1) is 22.3 Å². The van der Waals surface area contributed by atoms with Gasteiger partial charge in [0, 0.05) is 16.3 Å². The Morgan fingerprint density at radius 1 is 1.47 bits per heavy atom. The van der Waals surface area contributed by atoms with E-state index in [1.807, 2.05) is 26.8 Å². The third kappa shape index (κ3) is 3.86. The zero-order valence-corrected chi connectivity index (χ0v) is 11.3. The number of hydrogen-bond donors (Lipinski definition) is 1. The summed E-state index contributed by atoms with van der Waals surface area (Å²) in [4.78, 5) is 0.783. The molecule has 0 aromatic heterocycles. The Bertz CT molecular complexity index is 475. The zero-order chi connectivity index (χ0) is 13.1. The van der Waals surface area contributed by atoms with Gasteiger partial charge in [-0.15, -0.1) is 0 Å². The van der Waals surface area contributed by atoms with Crippen molar-refractivity contribution in [2.24, 2.45) is 5.41 Å². The molecule has 1 aromatic rings. The highest BCUT2D eigenvalue weighted by atomic mass is 32.2. The molecule has 0 aliphatic carbocycles. The summed E-state index contributed by atoms with van der Waals surface area (Å²) in [6.07, 6.45) is 0.625. The van der Waals surface area contributed by atoms with Crippen LogP contribution in [0.3, 0.4) is 0 Å². The summed E-state index contributed by atoms with van der Waals surface area (Å²) in [5.41, 5.74) is 6.94. The summed E-state index contributed by atoms with van der Waals surface area (Å²) in [5, 5.41) is 8.89. The average Bonchev–Trinajstić information content (AvgIpc) is 2.30. The summed E-state index contributed by atoms with van der Waals surface area (Å²) in [7, 11) is -1.06. The highest BCUT2D eigenvalue weighted by Crippen LogP contribution is 2.22. The number of aryl methyl sites for hydroxylation is 1. The SMILES string of the molecule is Cc1cc(S(=O)CCC(C)(C)C#N)ccc1N.